The van der Waals surface area contributed by atoms with Gasteiger partial charge in [0.2, 0.25) is 5.91 Å². The number of nitrogens with one attached hydrogen (secondary N) is 2. The van der Waals surface area contributed by atoms with E-state index in [0.29, 0.717) is 31.0 Å². The number of para-hydroxylation sites is 1. The molecule has 10 nitrogen and oxygen atoms in total. The molecule has 1 amide bonds. The van der Waals surface area contributed by atoms with E-state index in [-0.39, 0.29) is 18.7 Å². The van der Waals surface area contributed by atoms with Crippen LogP contribution in [-0.4, -0.2) is 77.8 Å². The average molecular weight is 576 g/mol. The van der Waals surface area contributed by atoms with Gasteiger partial charge in [-0.25, -0.2) is 9.78 Å². The van der Waals surface area contributed by atoms with Gasteiger partial charge in [0, 0.05) is 43.3 Å². The molecule has 2 aromatic heterocycles. The van der Waals surface area contributed by atoms with Crippen LogP contribution in [0.2, 0.25) is 0 Å². The van der Waals surface area contributed by atoms with E-state index in [1.165, 1.54) is 12.7 Å². The highest BCUT2D eigenvalue weighted by Crippen LogP contribution is 2.20. The van der Waals surface area contributed by atoms with E-state index in [1.54, 1.807) is 18.5 Å². The van der Waals surface area contributed by atoms with Crippen LogP contribution in [0.5, 0.6) is 11.5 Å². The molecule has 1 atom stereocenters. The molecule has 0 spiro atoms. The van der Waals surface area contributed by atoms with Gasteiger partial charge in [-0.05, 0) is 74.9 Å². The molecule has 224 valence electrons. The van der Waals surface area contributed by atoms with Crippen LogP contribution in [0.3, 0.4) is 0 Å². The minimum atomic E-state index is -1.06. The van der Waals surface area contributed by atoms with Gasteiger partial charge in [0.15, 0.2) is 0 Å². The fourth-order valence-electron chi connectivity index (χ4n) is 5.03. The van der Waals surface area contributed by atoms with Crippen LogP contribution in [-0.2, 0) is 28.9 Å². The van der Waals surface area contributed by atoms with Crippen LogP contribution in [0, 0.1) is 0 Å². The van der Waals surface area contributed by atoms with Crippen LogP contribution >= 0.6 is 0 Å². The number of pyridine rings is 2. The van der Waals surface area contributed by atoms with E-state index in [1.807, 2.05) is 30.3 Å². The van der Waals surface area contributed by atoms with Gasteiger partial charge in [0.25, 0.3) is 0 Å². The number of aryl methyl sites for hydroxylation is 2. The van der Waals surface area contributed by atoms with Gasteiger partial charge in [-0.15, -0.1) is 0 Å². The largest absolute Gasteiger partial charge is 0.496 e. The first kappa shape index (κ1) is 30.8. The molecule has 3 heterocycles. The summed E-state index contributed by atoms with van der Waals surface area (Å²) in [5, 5.41) is 15.9. The number of unbranched alkanes of at least 4 members (excludes halogenated alkanes) is 1. The normalized spacial score (nSPS) is 13.1. The van der Waals surface area contributed by atoms with Gasteiger partial charge in [0.1, 0.15) is 30.0 Å². The second-order valence-electron chi connectivity index (χ2n) is 10.4. The summed E-state index contributed by atoms with van der Waals surface area (Å²) >= 11 is 0. The molecule has 0 unspecified atom stereocenters. The number of nitrogens with zero attached hydrogens (tertiary/aromatic N) is 3. The number of carbonyl (C=O) groups is 2. The minimum Gasteiger partial charge on any atom is -0.496 e. The van der Waals surface area contributed by atoms with Crippen molar-refractivity contribution in [3.63, 3.8) is 0 Å². The first-order valence-electron chi connectivity index (χ1n) is 14.6. The molecule has 3 aromatic rings. The fourth-order valence-corrected chi connectivity index (χ4v) is 5.03. The Hall–Kier alpha value is -4.18. The van der Waals surface area contributed by atoms with E-state index in [4.69, 9.17) is 14.5 Å². The molecule has 1 aromatic carbocycles. The van der Waals surface area contributed by atoms with Crippen LogP contribution in [0.4, 0.5) is 5.82 Å². The molecule has 0 saturated heterocycles. The quantitative estimate of drug-likeness (QED) is 0.206. The number of methoxy groups -OCH3 is 1. The summed E-state index contributed by atoms with van der Waals surface area (Å²) in [5.41, 5.74) is 2.97. The van der Waals surface area contributed by atoms with Crippen LogP contribution in [0.25, 0.3) is 0 Å². The van der Waals surface area contributed by atoms with Crippen molar-refractivity contribution < 1.29 is 24.2 Å². The maximum atomic E-state index is 12.7. The lowest BCUT2D eigenvalue weighted by molar-refractivity contribution is -0.142. The van der Waals surface area contributed by atoms with E-state index < -0.39 is 12.0 Å². The number of carbonyl (C=O) groups excluding carboxylic acids is 1. The number of carboxylic acid groups (broad SMARTS) is 1. The van der Waals surface area contributed by atoms with E-state index >= 15 is 0 Å². The molecule has 3 N–H and O–H groups in total. The number of benzene rings is 1. The summed E-state index contributed by atoms with van der Waals surface area (Å²) in [4.78, 5) is 35.8. The number of amides is 1. The third-order valence-corrected chi connectivity index (χ3v) is 7.33. The molecule has 0 radical (unpaired) electrons. The minimum absolute atomic E-state index is 0.0122. The molecule has 42 heavy (non-hydrogen) atoms. The van der Waals surface area contributed by atoms with Gasteiger partial charge >= 0.3 is 5.97 Å². The van der Waals surface area contributed by atoms with Gasteiger partial charge < -0.3 is 25.2 Å². The van der Waals surface area contributed by atoms with Crippen LogP contribution in [0.1, 0.15) is 42.5 Å². The predicted octanol–water partition coefficient (Wildman–Crippen LogP) is 3.75. The third-order valence-electron chi connectivity index (χ3n) is 7.33. The Labute approximate surface area is 247 Å². The molecule has 1 aliphatic rings. The van der Waals surface area contributed by atoms with Crippen molar-refractivity contribution in [3.8, 4) is 11.5 Å². The van der Waals surface area contributed by atoms with Crippen molar-refractivity contribution in [2.24, 2.45) is 0 Å². The zero-order valence-electron chi connectivity index (χ0n) is 24.3. The maximum Gasteiger partial charge on any atom is 0.326 e. The lowest BCUT2D eigenvalue weighted by Crippen LogP contribution is -2.44. The Morgan fingerprint density at radius 3 is 2.76 bits per heavy atom. The van der Waals surface area contributed by atoms with Gasteiger partial charge in [-0.2, -0.15) is 0 Å². The first-order valence-corrected chi connectivity index (χ1v) is 14.6. The Morgan fingerprint density at radius 1 is 1.10 bits per heavy atom. The first-order chi connectivity index (χ1) is 20.5. The van der Waals surface area contributed by atoms with Crippen molar-refractivity contribution in [2.45, 2.75) is 51.0 Å². The average Bonchev–Trinajstić information content (AvgIpc) is 3.01. The Morgan fingerprint density at radius 2 is 1.95 bits per heavy atom. The number of aliphatic carboxylic acids is 1. The van der Waals surface area contributed by atoms with Crippen molar-refractivity contribution in [1.82, 2.24) is 20.2 Å². The topological polar surface area (TPSA) is 126 Å². The third kappa shape index (κ3) is 9.73. The smallest absolute Gasteiger partial charge is 0.326 e. The summed E-state index contributed by atoms with van der Waals surface area (Å²) in [7, 11) is 1.52. The van der Waals surface area contributed by atoms with Crippen molar-refractivity contribution in [3.05, 3.63) is 77.7 Å². The molecular weight excluding hydrogens is 534 g/mol. The summed E-state index contributed by atoms with van der Waals surface area (Å²) in [5.74, 6) is 0.903. The molecule has 0 aliphatic carbocycles. The number of hydrogen-bond donors (Lipinski definition) is 3. The fraction of sp³-hybridized carbons (Fsp3) is 0.438. The molecule has 0 fully saturated rings. The van der Waals surface area contributed by atoms with Crippen LogP contribution in [0.15, 0.2) is 60.9 Å². The van der Waals surface area contributed by atoms with Crippen molar-refractivity contribution in [2.75, 3.05) is 45.2 Å². The van der Waals surface area contributed by atoms with Gasteiger partial charge in [-0.3, -0.25) is 14.7 Å². The number of carboxylic acids is 1. The lowest BCUT2D eigenvalue weighted by atomic mass is 10.1. The second kappa shape index (κ2) is 16.3. The highest BCUT2D eigenvalue weighted by molar-refractivity contribution is 5.85. The highest BCUT2D eigenvalue weighted by Gasteiger charge is 2.22. The molecular formula is C32H41N5O5. The Bertz CT molecular complexity index is 1290. The number of aromatic nitrogens is 2. The molecule has 0 saturated carbocycles. The monoisotopic (exact) mass is 575 g/mol. The predicted molar refractivity (Wildman–Crippen MR) is 161 cm³/mol. The highest BCUT2D eigenvalue weighted by atomic mass is 16.5. The van der Waals surface area contributed by atoms with Gasteiger partial charge in [0.05, 0.1) is 13.5 Å². The standard InChI is InChI=1S/C32H41N5O5/c1-41-29-14-17-33-23-25(29)22-30(38)36-28(32(39)40)15-19-37(20-21-42-27-10-3-2-4-11-27)18-6-5-9-26-13-12-24-8-7-16-34-31(24)35-26/h2-4,10-14,17,23,28H,5-9,15-16,18-22H2,1H3,(H,34,35)(H,36,38)(H,39,40)/t28-/m0/s1. The van der Waals surface area contributed by atoms with Crippen molar-refractivity contribution in [1.29, 1.82) is 0 Å². The summed E-state index contributed by atoms with van der Waals surface area (Å²) < 4.78 is 11.2. The van der Waals surface area contributed by atoms with E-state index in [9.17, 15) is 14.7 Å². The number of ether oxygens (including phenoxy) is 2. The summed E-state index contributed by atoms with van der Waals surface area (Å²) in [6.45, 7) is 3.39. The SMILES string of the molecule is COc1ccncc1CC(=O)N[C@@H](CCN(CCCCc1ccc2c(n1)NCCC2)CCOc1ccccc1)C(=O)O. The van der Waals surface area contributed by atoms with E-state index in [0.717, 1.165) is 62.5 Å². The molecule has 0 bridgehead atoms. The Kier molecular flexibility index (Phi) is 11.9. The molecule has 10 heteroatoms. The maximum absolute atomic E-state index is 12.7. The van der Waals surface area contributed by atoms with Gasteiger partial charge in [-0.1, -0.05) is 24.3 Å². The number of hydrogen-bond acceptors (Lipinski definition) is 8. The molecule has 4 rings (SSSR count). The zero-order chi connectivity index (χ0) is 29.6. The molecule has 1 aliphatic heterocycles. The number of fused-ring (bicyclic) bond motifs is 1. The Balaban J connectivity index is 1.29. The van der Waals surface area contributed by atoms with E-state index in [2.05, 4.69) is 32.7 Å². The number of rotatable bonds is 17. The second-order valence-corrected chi connectivity index (χ2v) is 10.4. The summed E-state index contributed by atoms with van der Waals surface area (Å²) in [6, 6.07) is 14.6. The lowest BCUT2D eigenvalue weighted by Gasteiger charge is -2.24. The van der Waals surface area contributed by atoms with Crippen LogP contribution < -0.4 is 20.1 Å². The zero-order valence-corrected chi connectivity index (χ0v) is 24.3. The summed E-state index contributed by atoms with van der Waals surface area (Å²) in [6.07, 6.45) is 8.39. The van der Waals surface area contributed by atoms with Crippen molar-refractivity contribution >= 4 is 17.7 Å². The number of anilines is 1.